The van der Waals surface area contributed by atoms with E-state index in [2.05, 4.69) is 5.32 Å². The molecule has 8 nitrogen and oxygen atoms in total. The van der Waals surface area contributed by atoms with Gasteiger partial charge in [0, 0.05) is 30.8 Å². The fourth-order valence-electron chi connectivity index (χ4n) is 2.48. The van der Waals surface area contributed by atoms with E-state index >= 15 is 0 Å². The number of morpholine rings is 1. The van der Waals surface area contributed by atoms with Crippen molar-refractivity contribution >= 4 is 17.3 Å². The van der Waals surface area contributed by atoms with Crippen molar-refractivity contribution < 1.29 is 19.4 Å². The topological polar surface area (TPSA) is 112 Å². The molecule has 22 heavy (non-hydrogen) atoms. The van der Waals surface area contributed by atoms with E-state index < -0.39 is 10.8 Å². The second-order valence-corrected chi connectivity index (χ2v) is 5.24. The number of carbonyl (C=O) groups is 1. The lowest BCUT2D eigenvalue weighted by molar-refractivity contribution is -0.908. The molecule has 0 aromatic heterocycles. The quantitative estimate of drug-likeness (QED) is 0.354. The van der Waals surface area contributed by atoms with Crippen LogP contribution >= 0.6 is 0 Å². The molecule has 4 N–H and O–H groups in total. The number of nitro benzene ring substituents is 1. The monoisotopic (exact) mass is 309 g/mol. The molecule has 0 radical (unpaired) electrons. The van der Waals surface area contributed by atoms with Gasteiger partial charge in [0.05, 0.1) is 30.2 Å². The zero-order valence-electron chi connectivity index (χ0n) is 12.3. The summed E-state index contributed by atoms with van der Waals surface area (Å²) >= 11 is 0. The largest absolute Gasteiger partial charge is 0.384 e. The summed E-state index contributed by atoms with van der Waals surface area (Å²) in [6.07, 6.45) is 0.935. The molecule has 1 heterocycles. The predicted molar refractivity (Wildman–Crippen MR) is 81.1 cm³/mol. The Morgan fingerprint density at radius 1 is 1.41 bits per heavy atom. The Morgan fingerprint density at radius 3 is 2.77 bits per heavy atom. The summed E-state index contributed by atoms with van der Waals surface area (Å²) in [5.41, 5.74) is 5.83. The van der Waals surface area contributed by atoms with Gasteiger partial charge in [-0.25, -0.2) is 0 Å². The number of primary amides is 1. The zero-order valence-corrected chi connectivity index (χ0v) is 12.3. The third kappa shape index (κ3) is 4.40. The summed E-state index contributed by atoms with van der Waals surface area (Å²) in [4.78, 5) is 23.1. The Morgan fingerprint density at radius 2 is 2.14 bits per heavy atom. The highest BCUT2D eigenvalue weighted by Gasteiger charge is 2.15. The number of carbonyl (C=O) groups excluding carboxylic acids is 1. The molecule has 0 atom stereocenters. The normalized spacial score (nSPS) is 15.5. The number of hydrogen-bond donors (Lipinski definition) is 3. The van der Waals surface area contributed by atoms with Crippen molar-refractivity contribution in [3.05, 3.63) is 33.9 Å². The number of nitrogens with zero attached hydrogens (tertiary/aromatic N) is 1. The Balaban J connectivity index is 1.88. The van der Waals surface area contributed by atoms with Gasteiger partial charge in [-0.15, -0.1) is 0 Å². The number of quaternary nitrogens is 1. The van der Waals surface area contributed by atoms with E-state index in [1.165, 1.54) is 23.1 Å². The minimum absolute atomic E-state index is 0.142. The molecule has 1 amide bonds. The molecular weight excluding hydrogens is 288 g/mol. The molecule has 1 aromatic carbocycles. The number of nitrogens with one attached hydrogen (secondary N) is 2. The molecule has 2 rings (SSSR count). The molecule has 1 aromatic rings. The fraction of sp³-hybridized carbons (Fsp3) is 0.500. The summed E-state index contributed by atoms with van der Waals surface area (Å²) in [6.45, 7) is 5.35. The second-order valence-electron chi connectivity index (χ2n) is 5.24. The first-order valence-electron chi connectivity index (χ1n) is 7.31. The maximum absolute atomic E-state index is 11.4. The van der Waals surface area contributed by atoms with E-state index in [0.717, 1.165) is 39.3 Å². The smallest absolute Gasteiger partial charge is 0.270 e. The summed E-state index contributed by atoms with van der Waals surface area (Å²) in [5, 5.41) is 13.9. The minimum atomic E-state index is -0.676. The SMILES string of the molecule is NC(=O)c1cc([N+](=O)[O-])ccc1NCCC[NH+]1CCOCC1. The number of anilines is 1. The van der Waals surface area contributed by atoms with Crippen LogP contribution in [0, 0.1) is 10.1 Å². The maximum atomic E-state index is 11.4. The lowest BCUT2D eigenvalue weighted by Crippen LogP contribution is -3.14. The first-order chi connectivity index (χ1) is 10.6. The van der Waals surface area contributed by atoms with Crippen molar-refractivity contribution in [3.8, 4) is 0 Å². The highest BCUT2D eigenvalue weighted by atomic mass is 16.6. The average molecular weight is 309 g/mol. The van der Waals surface area contributed by atoms with Crippen molar-refractivity contribution in [2.45, 2.75) is 6.42 Å². The van der Waals surface area contributed by atoms with Crippen LogP contribution < -0.4 is 16.0 Å². The Bertz CT molecular complexity index is 544. The average Bonchev–Trinajstić information content (AvgIpc) is 2.52. The number of benzene rings is 1. The van der Waals surface area contributed by atoms with Gasteiger partial charge in [-0.2, -0.15) is 0 Å². The Kier molecular flexibility index (Phi) is 5.68. The third-order valence-corrected chi connectivity index (χ3v) is 3.70. The Labute approximate surface area is 128 Å². The summed E-state index contributed by atoms with van der Waals surface area (Å²) in [6, 6.07) is 4.10. The minimum Gasteiger partial charge on any atom is -0.384 e. The molecule has 8 heteroatoms. The van der Waals surface area contributed by atoms with Crippen LogP contribution in [0.1, 0.15) is 16.8 Å². The molecular formula is C14H21N4O4+. The van der Waals surface area contributed by atoms with Gasteiger partial charge in [-0.3, -0.25) is 14.9 Å². The highest BCUT2D eigenvalue weighted by Crippen LogP contribution is 2.21. The van der Waals surface area contributed by atoms with Crippen molar-refractivity contribution in [1.29, 1.82) is 0 Å². The standard InChI is InChI=1S/C14H20N4O4/c15-14(19)12-10-11(18(20)21)2-3-13(12)16-4-1-5-17-6-8-22-9-7-17/h2-3,10,16H,1,4-9H2,(H2,15,19)/p+1. The number of nitro groups is 1. The number of rotatable bonds is 7. The fourth-order valence-corrected chi connectivity index (χ4v) is 2.48. The van der Waals surface area contributed by atoms with Crippen molar-refractivity contribution in [2.75, 3.05) is 44.7 Å². The van der Waals surface area contributed by atoms with Crippen LogP contribution in [0.3, 0.4) is 0 Å². The van der Waals surface area contributed by atoms with E-state index in [1.807, 2.05) is 0 Å². The van der Waals surface area contributed by atoms with Gasteiger partial charge in [0.25, 0.3) is 11.6 Å². The van der Waals surface area contributed by atoms with Crippen LogP contribution in [0.15, 0.2) is 18.2 Å². The molecule has 1 saturated heterocycles. The number of amides is 1. The Hall–Kier alpha value is -2.19. The molecule has 120 valence electrons. The molecule has 1 aliphatic rings. The lowest BCUT2D eigenvalue weighted by atomic mass is 10.1. The first-order valence-corrected chi connectivity index (χ1v) is 7.31. The van der Waals surface area contributed by atoms with Gasteiger partial charge in [0.1, 0.15) is 13.1 Å². The van der Waals surface area contributed by atoms with Crippen LogP contribution in [0.5, 0.6) is 0 Å². The maximum Gasteiger partial charge on any atom is 0.270 e. The van der Waals surface area contributed by atoms with Crippen molar-refractivity contribution in [1.82, 2.24) is 0 Å². The van der Waals surface area contributed by atoms with Crippen LogP contribution in [-0.4, -0.2) is 50.2 Å². The van der Waals surface area contributed by atoms with Crippen LogP contribution in [0.4, 0.5) is 11.4 Å². The van der Waals surface area contributed by atoms with E-state index in [4.69, 9.17) is 10.5 Å². The third-order valence-electron chi connectivity index (χ3n) is 3.70. The van der Waals surface area contributed by atoms with Gasteiger partial charge < -0.3 is 20.7 Å². The number of hydrogen-bond acceptors (Lipinski definition) is 5. The summed E-state index contributed by atoms with van der Waals surface area (Å²) in [5.74, 6) is -0.676. The first kappa shape index (κ1) is 16.2. The molecule has 0 saturated carbocycles. The predicted octanol–water partition coefficient (Wildman–Crippen LogP) is -0.589. The summed E-state index contributed by atoms with van der Waals surface area (Å²) in [7, 11) is 0. The molecule has 0 aliphatic carbocycles. The van der Waals surface area contributed by atoms with E-state index in [-0.39, 0.29) is 11.3 Å². The lowest BCUT2D eigenvalue weighted by Gasteiger charge is -2.23. The van der Waals surface area contributed by atoms with Crippen LogP contribution in [0.2, 0.25) is 0 Å². The molecule has 0 unspecified atom stereocenters. The van der Waals surface area contributed by atoms with Gasteiger partial charge in [0.2, 0.25) is 0 Å². The van der Waals surface area contributed by atoms with Crippen LogP contribution in [0.25, 0.3) is 0 Å². The van der Waals surface area contributed by atoms with Crippen molar-refractivity contribution in [2.24, 2.45) is 5.73 Å². The van der Waals surface area contributed by atoms with Gasteiger partial charge in [0.15, 0.2) is 0 Å². The van der Waals surface area contributed by atoms with Gasteiger partial charge in [-0.1, -0.05) is 0 Å². The molecule has 0 bridgehead atoms. The van der Waals surface area contributed by atoms with Gasteiger partial charge in [-0.05, 0) is 6.07 Å². The molecule has 1 aliphatic heterocycles. The number of ether oxygens (including phenoxy) is 1. The zero-order chi connectivity index (χ0) is 15.9. The van der Waals surface area contributed by atoms with Gasteiger partial charge >= 0.3 is 0 Å². The van der Waals surface area contributed by atoms with Crippen LogP contribution in [-0.2, 0) is 4.74 Å². The van der Waals surface area contributed by atoms with E-state index in [0.29, 0.717) is 12.2 Å². The highest BCUT2D eigenvalue weighted by molar-refractivity contribution is 5.99. The van der Waals surface area contributed by atoms with E-state index in [9.17, 15) is 14.9 Å². The summed E-state index contributed by atoms with van der Waals surface area (Å²) < 4.78 is 5.31. The number of nitrogens with two attached hydrogens (primary N) is 1. The molecule has 0 spiro atoms. The van der Waals surface area contributed by atoms with Crippen molar-refractivity contribution in [3.63, 3.8) is 0 Å². The second kappa shape index (κ2) is 7.71. The van der Waals surface area contributed by atoms with E-state index in [1.54, 1.807) is 0 Å². The number of non-ortho nitro benzene ring substituents is 1. The molecule has 1 fully saturated rings.